The van der Waals surface area contributed by atoms with Gasteiger partial charge in [-0.3, -0.25) is 14.7 Å². The molecule has 38 heavy (non-hydrogen) atoms. The molecule has 4 aromatic rings. The van der Waals surface area contributed by atoms with Gasteiger partial charge in [-0.15, -0.1) is 0 Å². The van der Waals surface area contributed by atoms with Crippen molar-refractivity contribution in [3.05, 3.63) is 90.5 Å². The molecule has 2 heterocycles. The zero-order valence-corrected chi connectivity index (χ0v) is 21.5. The molecular formula is C30H32N6O2. The summed E-state index contributed by atoms with van der Waals surface area (Å²) in [5, 5.41) is 12.9. The summed E-state index contributed by atoms with van der Waals surface area (Å²) in [6.07, 6.45) is 0.668. The number of nitrogens with zero attached hydrogens (tertiary/aromatic N) is 3. The van der Waals surface area contributed by atoms with Crippen LogP contribution in [0.3, 0.4) is 0 Å². The van der Waals surface area contributed by atoms with Crippen LogP contribution in [0, 0.1) is 0 Å². The highest BCUT2D eigenvalue weighted by Gasteiger charge is 2.15. The van der Waals surface area contributed by atoms with Crippen LogP contribution in [0.15, 0.2) is 84.9 Å². The molecule has 0 unspecified atom stereocenters. The fraction of sp³-hybridized carbons (Fsp3) is 0.233. The van der Waals surface area contributed by atoms with Crippen molar-refractivity contribution < 1.29 is 9.59 Å². The Morgan fingerprint density at radius 2 is 1.53 bits per heavy atom. The van der Waals surface area contributed by atoms with E-state index < -0.39 is 11.8 Å². The molecule has 0 radical (unpaired) electrons. The Morgan fingerprint density at radius 3 is 2.24 bits per heavy atom. The molecule has 0 spiro atoms. The van der Waals surface area contributed by atoms with Crippen molar-refractivity contribution in [3.8, 4) is 22.5 Å². The Bertz CT molecular complexity index is 1360. The summed E-state index contributed by atoms with van der Waals surface area (Å²) in [5.74, 6) is -1.34. The van der Waals surface area contributed by atoms with Gasteiger partial charge in [0.2, 0.25) is 0 Å². The highest BCUT2D eigenvalue weighted by atomic mass is 16.2. The highest BCUT2D eigenvalue weighted by Crippen LogP contribution is 2.27. The van der Waals surface area contributed by atoms with Crippen LogP contribution in [0.2, 0.25) is 0 Å². The number of H-pyrrole nitrogens is 1. The van der Waals surface area contributed by atoms with Crippen LogP contribution < -0.4 is 15.5 Å². The third kappa shape index (κ3) is 6.27. The first-order valence-electron chi connectivity index (χ1n) is 12.9. The number of amides is 2. The number of rotatable bonds is 7. The molecule has 8 nitrogen and oxygen atoms in total. The van der Waals surface area contributed by atoms with Crippen molar-refractivity contribution in [2.75, 3.05) is 50.0 Å². The zero-order valence-electron chi connectivity index (χ0n) is 21.5. The van der Waals surface area contributed by atoms with E-state index in [1.54, 1.807) is 12.1 Å². The Kier molecular flexibility index (Phi) is 7.80. The molecule has 1 fully saturated rings. The van der Waals surface area contributed by atoms with Gasteiger partial charge in [0, 0.05) is 49.7 Å². The van der Waals surface area contributed by atoms with Crippen molar-refractivity contribution in [2.45, 2.75) is 6.42 Å². The first-order chi connectivity index (χ1) is 18.5. The first kappa shape index (κ1) is 25.2. The molecule has 1 aromatic heterocycles. The first-order valence-corrected chi connectivity index (χ1v) is 12.9. The second-order valence-electron chi connectivity index (χ2n) is 9.53. The summed E-state index contributed by atoms with van der Waals surface area (Å²) in [4.78, 5) is 29.2. The summed E-state index contributed by atoms with van der Waals surface area (Å²) in [7, 11) is 2.16. The lowest BCUT2D eigenvalue weighted by Crippen LogP contribution is -2.44. The van der Waals surface area contributed by atoms with Gasteiger partial charge >= 0.3 is 11.8 Å². The minimum absolute atomic E-state index is 0.399. The van der Waals surface area contributed by atoms with E-state index >= 15 is 0 Å². The van der Waals surface area contributed by atoms with E-state index in [4.69, 9.17) is 0 Å². The van der Waals surface area contributed by atoms with E-state index in [-0.39, 0.29) is 0 Å². The largest absolute Gasteiger partial charge is 0.369 e. The quantitative estimate of drug-likeness (QED) is 0.330. The summed E-state index contributed by atoms with van der Waals surface area (Å²) in [5.41, 5.74) is 6.62. The number of hydrogen-bond acceptors (Lipinski definition) is 5. The maximum Gasteiger partial charge on any atom is 0.313 e. The third-order valence-corrected chi connectivity index (χ3v) is 6.81. The molecule has 8 heteroatoms. The Balaban J connectivity index is 1.14. The molecule has 1 aliphatic rings. The lowest BCUT2D eigenvalue weighted by Gasteiger charge is -2.34. The fourth-order valence-corrected chi connectivity index (χ4v) is 4.49. The van der Waals surface area contributed by atoms with Crippen LogP contribution >= 0.6 is 0 Å². The molecule has 0 bridgehead atoms. The average Bonchev–Trinajstić information content (AvgIpc) is 3.45. The molecule has 2 amide bonds. The van der Waals surface area contributed by atoms with Gasteiger partial charge in [0.15, 0.2) is 0 Å². The number of carbonyl (C=O) groups is 2. The molecule has 1 saturated heterocycles. The number of aromatic amines is 1. The molecule has 3 aromatic carbocycles. The van der Waals surface area contributed by atoms with Crippen molar-refractivity contribution in [3.63, 3.8) is 0 Å². The van der Waals surface area contributed by atoms with Gasteiger partial charge in [-0.05, 0) is 54.9 Å². The summed E-state index contributed by atoms with van der Waals surface area (Å²) in [6, 6.07) is 27.7. The second-order valence-corrected chi connectivity index (χ2v) is 9.53. The predicted octanol–water partition coefficient (Wildman–Crippen LogP) is 3.79. The number of hydrogen-bond donors (Lipinski definition) is 3. The standard InChI is InChI=1S/C30H32N6O2/c1-35-17-19-36(20-18-35)26-13-9-24(10-14-26)28-21-27(33-34-28)23-7-11-25(12-8-23)32-30(38)29(37)31-16-15-22-5-3-2-4-6-22/h2-14,21H,15-20H2,1H3,(H,31,37)(H,32,38)(H,33,34). The highest BCUT2D eigenvalue weighted by molar-refractivity contribution is 6.39. The van der Waals surface area contributed by atoms with Gasteiger partial charge in [-0.25, -0.2) is 0 Å². The third-order valence-electron chi connectivity index (χ3n) is 6.81. The van der Waals surface area contributed by atoms with E-state index in [9.17, 15) is 9.59 Å². The lowest BCUT2D eigenvalue weighted by molar-refractivity contribution is -0.136. The molecule has 0 atom stereocenters. The molecule has 3 N–H and O–H groups in total. The van der Waals surface area contributed by atoms with Gasteiger partial charge < -0.3 is 20.4 Å². The Hall–Kier alpha value is -4.43. The number of likely N-dealkylation sites (N-methyl/N-ethyl adjacent to an activating group) is 1. The number of nitrogens with one attached hydrogen (secondary N) is 3. The van der Waals surface area contributed by atoms with E-state index in [0.717, 1.165) is 54.3 Å². The van der Waals surface area contributed by atoms with E-state index in [2.05, 4.69) is 61.9 Å². The molecule has 5 rings (SSSR count). The van der Waals surface area contributed by atoms with Crippen LogP contribution in [-0.2, 0) is 16.0 Å². The molecule has 0 saturated carbocycles. The lowest BCUT2D eigenvalue weighted by atomic mass is 10.1. The van der Waals surface area contributed by atoms with Crippen molar-refractivity contribution in [1.29, 1.82) is 0 Å². The van der Waals surface area contributed by atoms with Crippen LogP contribution in [0.4, 0.5) is 11.4 Å². The van der Waals surface area contributed by atoms with Crippen LogP contribution in [0.1, 0.15) is 5.56 Å². The van der Waals surface area contributed by atoms with E-state index in [0.29, 0.717) is 18.7 Å². The van der Waals surface area contributed by atoms with E-state index in [1.165, 1.54) is 5.69 Å². The normalized spacial score (nSPS) is 13.8. The maximum absolute atomic E-state index is 12.3. The Morgan fingerprint density at radius 1 is 0.842 bits per heavy atom. The van der Waals surface area contributed by atoms with Crippen molar-refractivity contribution >= 4 is 23.2 Å². The summed E-state index contributed by atoms with van der Waals surface area (Å²) < 4.78 is 0. The van der Waals surface area contributed by atoms with Gasteiger partial charge in [0.05, 0.1) is 11.4 Å². The summed E-state index contributed by atoms with van der Waals surface area (Å²) >= 11 is 0. The SMILES string of the molecule is CN1CCN(c2ccc(-c3cc(-c4ccc(NC(=O)C(=O)NCCc5ccccc5)cc4)[nH]n3)cc2)CC1. The smallest absolute Gasteiger partial charge is 0.313 e. The van der Waals surface area contributed by atoms with Gasteiger partial charge in [-0.1, -0.05) is 54.6 Å². The maximum atomic E-state index is 12.3. The van der Waals surface area contributed by atoms with Crippen LogP contribution in [0.25, 0.3) is 22.5 Å². The number of aromatic nitrogens is 2. The summed E-state index contributed by atoms with van der Waals surface area (Å²) in [6.45, 7) is 4.63. The molecule has 194 valence electrons. The van der Waals surface area contributed by atoms with E-state index in [1.807, 2.05) is 48.5 Å². The molecular weight excluding hydrogens is 476 g/mol. The zero-order chi connectivity index (χ0) is 26.3. The second kappa shape index (κ2) is 11.7. The predicted molar refractivity (Wildman–Crippen MR) is 151 cm³/mol. The van der Waals surface area contributed by atoms with Crippen LogP contribution in [-0.4, -0.2) is 66.7 Å². The number of piperazine rings is 1. The van der Waals surface area contributed by atoms with Gasteiger partial charge in [0.1, 0.15) is 0 Å². The van der Waals surface area contributed by atoms with Crippen molar-refractivity contribution in [1.82, 2.24) is 20.4 Å². The molecule has 1 aliphatic heterocycles. The Labute approximate surface area is 222 Å². The minimum atomic E-state index is -0.686. The average molecular weight is 509 g/mol. The monoisotopic (exact) mass is 508 g/mol. The number of anilines is 2. The van der Waals surface area contributed by atoms with Gasteiger partial charge in [0.25, 0.3) is 0 Å². The molecule has 0 aliphatic carbocycles. The van der Waals surface area contributed by atoms with Crippen LogP contribution in [0.5, 0.6) is 0 Å². The fourth-order valence-electron chi connectivity index (χ4n) is 4.49. The number of benzene rings is 3. The van der Waals surface area contributed by atoms with Gasteiger partial charge in [-0.2, -0.15) is 5.10 Å². The van der Waals surface area contributed by atoms with Crippen molar-refractivity contribution in [2.24, 2.45) is 0 Å². The topological polar surface area (TPSA) is 93.4 Å². The number of carbonyl (C=O) groups excluding carboxylic acids is 2. The minimum Gasteiger partial charge on any atom is -0.369 e.